The fraction of sp³-hybridized carbons (Fsp3) is 0.0952. The molecule has 4 rings (SSSR count). The highest BCUT2D eigenvalue weighted by Crippen LogP contribution is 2.30. The number of nitrogens with one attached hydrogen (secondary N) is 2. The predicted octanol–water partition coefficient (Wildman–Crippen LogP) is 4.45. The van der Waals surface area contributed by atoms with Crippen molar-refractivity contribution in [3.05, 3.63) is 76.9 Å². The third-order valence-electron chi connectivity index (χ3n) is 4.28. The predicted molar refractivity (Wildman–Crippen MR) is 111 cm³/mol. The van der Waals surface area contributed by atoms with Crippen LogP contribution in [0.5, 0.6) is 11.6 Å². The molecule has 0 aliphatic carbocycles. The Morgan fingerprint density at radius 1 is 1.17 bits per heavy atom. The quantitative estimate of drug-likeness (QED) is 0.492. The van der Waals surface area contributed by atoms with E-state index < -0.39 is 0 Å². The number of nitrogens with zero attached hydrogens (tertiary/aromatic N) is 2. The molecule has 0 spiro atoms. The zero-order valence-corrected chi connectivity index (χ0v) is 16.2. The van der Waals surface area contributed by atoms with Crippen LogP contribution in [0.4, 0.5) is 5.69 Å². The van der Waals surface area contributed by atoms with E-state index in [1.54, 1.807) is 24.3 Å². The maximum atomic E-state index is 12.8. The average Bonchev–Trinajstić information content (AvgIpc) is 3.16. The first-order valence-corrected chi connectivity index (χ1v) is 9.18. The summed E-state index contributed by atoms with van der Waals surface area (Å²) in [4.78, 5) is 17.0. The van der Waals surface area contributed by atoms with E-state index in [0.29, 0.717) is 40.5 Å². The zero-order valence-electron chi connectivity index (χ0n) is 15.5. The maximum absolute atomic E-state index is 12.8. The Morgan fingerprint density at radius 2 is 2.00 bits per heavy atom. The van der Waals surface area contributed by atoms with Gasteiger partial charge in [0.2, 0.25) is 5.88 Å². The van der Waals surface area contributed by atoms with Gasteiger partial charge in [-0.25, -0.2) is 4.98 Å². The fourth-order valence-corrected chi connectivity index (χ4v) is 3.10. The Balaban J connectivity index is 1.52. The summed E-state index contributed by atoms with van der Waals surface area (Å²) in [5, 5.41) is 10.5. The highest BCUT2D eigenvalue weighted by atomic mass is 35.5. The van der Waals surface area contributed by atoms with Crippen molar-refractivity contribution in [2.24, 2.45) is 0 Å². The fourth-order valence-electron chi connectivity index (χ4n) is 2.84. The van der Waals surface area contributed by atoms with Gasteiger partial charge in [0.25, 0.3) is 5.91 Å². The lowest BCUT2D eigenvalue weighted by Gasteiger charge is -2.12. The Bertz CT molecular complexity index is 1160. The second kappa shape index (κ2) is 8.20. The molecule has 146 valence electrons. The molecule has 7 nitrogen and oxygen atoms in total. The number of fused-ring (bicyclic) bond motifs is 1. The second-order valence-corrected chi connectivity index (χ2v) is 6.58. The number of pyridine rings is 1. The van der Waals surface area contributed by atoms with E-state index >= 15 is 0 Å². The lowest BCUT2D eigenvalue weighted by molar-refractivity contribution is 0.102. The highest BCUT2D eigenvalue weighted by molar-refractivity contribution is 6.35. The Labute approximate surface area is 171 Å². The number of anilines is 1. The van der Waals surface area contributed by atoms with E-state index in [4.69, 9.17) is 21.1 Å². The van der Waals surface area contributed by atoms with E-state index in [-0.39, 0.29) is 10.9 Å². The van der Waals surface area contributed by atoms with Gasteiger partial charge in [0.1, 0.15) is 12.4 Å². The van der Waals surface area contributed by atoms with Crippen LogP contribution < -0.4 is 14.8 Å². The number of methoxy groups -OCH3 is 1. The lowest BCUT2D eigenvalue weighted by Crippen LogP contribution is -2.13. The molecule has 0 radical (unpaired) electrons. The first-order valence-electron chi connectivity index (χ1n) is 8.80. The zero-order chi connectivity index (χ0) is 20.2. The van der Waals surface area contributed by atoms with Crippen molar-refractivity contribution in [2.75, 3.05) is 12.4 Å². The van der Waals surface area contributed by atoms with Crippen LogP contribution in [0.1, 0.15) is 15.9 Å². The number of hydrogen-bond acceptors (Lipinski definition) is 5. The van der Waals surface area contributed by atoms with Crippen LogP contribution in [-0.4, -0.2) is 28.2 Å². The van der Waals surface area contributed by atoms with Gasteiger partial charge in [0.15, 0.2) is 5.65 Å². The molecule has 2 heterocycles. The van der Waals surface area contributed by atoms with Gasteiger partial charge in [0.05, 0.1) is 35.0 Å². The van der Waals surface area contributed by atoms with Crippen molar-refractivity contribution in [2.45, 2.75) is 6.61 Å². The SMILES string of the molecule is COc1n[nH]c2ncc(NC(=O)c3cccc(OCc4ccccc4)c3Cl)cc12. The monoisotopic (exact) mass is 408 g/mol. The number of carbonyl (C=O) groups excluding carboxylic acids is 1. The van der Waals surface area contributed by atoms with Gasteiger partial charge in [-0.1, -0.05) is 48.0 Å². The molecular formula is C21H17ClN4O3. The van der Waals surface area contributed by atoms with Gasteiger partial charge in [-0.15, -0.1) is 5.10 Å². The Hall–Kier alpha value is -3.58. The van der Waals surface area contributed by atoms with Gasteiger partial charge in [0, 0.05) is 0 Å². The molecule has 2 N–H and O–H groups in total. The minimum Gasteiger partial charge on any atom is -0.487 e. The molecule has 4 aromatic rings. The van der Waals surface area contributed by atoms with Gasteiger partial charge in [-0.2, -0.15) is 0 Å². The van der Waals surface area contributed by atoms with Crippen molar-refractivity contribution in [1.29, 1.82) is 0 Å². The van der Waals surface area contributed by atoms with Gasteiger partial charge in [-0.3, -0.25) is 9.89 Å². The minimum atomic E-state index is -0.372. The van der Waals surface area contributed by atoms with Crippen LogP contribution in [0.3, 0.4) is 0 Å². The summed E-state index contributed by atoms with van der Waals surface area (Å²) in [6, 6.07) is 16.5. The molecule has 29 heavy (non-hydrogen) atoms. The number of hydrogen-bond donors (Lipinski definition) is 2. The van der Waals surface area contributed by atoms with E-state index in [0.717, 1.165) is 5.56 Å². The van der Waals surface area contributed by atoms with Crippen molar-refractivity contribution in [1.82, 2.24) is 15.2 Å². The van der Waals surface area contributed by atoms with Crippen LogP contribution >= 0.6 is 11.6 Å². The molecule has 8 heteroatoms. The van der Waals surface area contributed by atoms with Crippen LogP contribution in [0.2, 0.25) is 5.02 Å². The van der Waals surface area contributed by atoms with Gasteiger partial charge in [-0.05, 0) is 23.8 Å². The van der Waals surface area contributed by atoms with Crippen molar-refractivity contribution in [3.8, 4) is 11.6 Å². The number of ether oxygens (including phenoxy) is 2. The molecular weight excluding hydrogens is 392 g/mol. The molecule has 0 saturated carbocycles. The second-order valence-electron chi connectivity index (χ2n) is 6.20. The summed E-state index contributed by atoms with van der Waals surface area (Å²) >= 11 is 6.42. The van der Waals surface area contributed by atoms with E-state index in [2.05, 4.69) is 20.5 Å². The molecule has 0 saturated heterocycles. The lowest BCUT2D eigenvalue weighted by atomic mass is 10.2. The first kappa shape index (κ1) is 18.8. The Morgan fingerprint density at radius 3 is 2.79 bits per heavy atom. The van der Waals surface area contributed by atoms with Crippen LogP contribution in [0.25, 0.3) is 11.0 Å². The molecule has 2 aromatic carbocycles. The number of carbonyl (C=O) groups is 1. The molecule has 0 bridgehead atoms. The first-order chi connectivity index (χ1) is 14.2. The molecule has 0 fully saturated rings. The van der Waals surface area contributed by atoms with Crippen molar-refractivity contribution >= 4 is 34.2 Å². The van der Waals surface area contributed by atoms with Crippen molar-refractivity contribution in [3.63, 3.8) is 0 Å². The van der Waals surface area contributed by atoms with Crippen LogP contribution in [0, 0.1) is 0 Å². The largest absolute Gasteiger partial charge is 0.487 e. The summed E-state index contributed by atoms with van der Waals surface area (Å²) < 4.78 is 11.0. The number of halogens is 1. The number of aromatic nitrogens is 3. The van der Waals surface area contributed by atoms with Gasteiger partial charge >= 0.3 is 0 Å². The summed E-state index contributed by atoms with van der Waals surface area (Å²) in [6.45, 7) is 0.354. The molecule has 0 aliphatic heterocycles. The van der Waals surface area contributed by atoms with Gasteiger partial charge < -0.3 is 14.8 Å². The highest BCUT2D eigenvalue weighted by Gasteiger charge is 2.16. The van der Waals surface area contributed by atoms with E-state index in [1.807, 2.05) is 30.3 Å². The standard InChI is InChI=1S/C21H17ClN4O3/c1-28-21-16-10-14(11-23-19(16)25-26-21)24-20(27)15-8-5-9-17(18(15)22)29-12-13-6-3-2-4-7-13/h2-11H,12H2,1H3,(H,24,27)(H,23,25,26). The van der Waals surface area contributed by atoms with E-state index in [9.17, 15) is 4.79 Å². The average molecular weight is 409 g/mol. The summed E-state index contributed by atoms with van der Waals surface area (Å²) in [6.07, 6.45) is 1.53. The number of rotatable bonds is 6. The Kier molecular flexibility index (Phi) is 5.31. The minimum absolute atomic E-state index is 0.246. The third kappa shape index (κ3) is 4.00. The van der Waals surface area contributed by atoms with Crippen LogP contribution in [0.15, 0.2) is 60.8 Å². The molecule has 0 aliphatic rings. The third-order valence-corrected chi connectivity index (χ3v) is 4.67. The normalized spacial score (nSPS) is 10.7. The summed E-state index contributed by atoms with van der Waals surface area (Å²) in [7, 11) is 1.52. The van der Waals surface area contributed by atoms with E-state index in [1.165, 1.54) is 13.3 Å². The number of benzene rings is 2. The number of amides is 1. The summed E-state index contributed by atoms with van der Waals surface area (Å²) in [5.41, 5.74) is 2.37. The molecule has 0 atom stereocenters. The number of aromatic amines is 1. The maximum Gasteiger partial charge on any atom is 0.257 e. The smallest absolute Gasteiger partial charge is 0.257 e. The molecule has 2 aromatic heterocycles. The summed E-state index contributed by atoms with van der Waals surface area (Å²) in [5.74, 6) is 0.468. The van der Waals surface area contributed by atoms with Crippen LogP contribution in [-0.2, 0) is 6.61 Å². The topological polar surface area (TPSA) is 89.1 Å². The number of H-pyrrole nitrogens is 1. The molecule has 1 amide bonds. The van der Waals surface area contributed by atoms with Crippen molar-refractivity contribution < 1.29 is 14.3 Å². The molecule has 0 unspecified atom stereocenters.